The highest BCUT2D eigenvalue weighted by Crippen LogP contribution is 2.70. The van der Waals surface area contributed by atoms with E-state index < -0.39 is 17.9 Å². The van der Waals surface area contributed by atoms with Crippen LogP contribution in [0.3, 0.4) is 0 Å². The van der Waals surface area contributed by atoms with Crippen molar-refractivity contribution in [2.45, 2.75) is 104 Å². The van der Waals surface area contributed by atoms with Gasteiger partial charge in [-0.2, -0.15) is 0 Å². The number of methoxy groups -OCH3 is 1. The first-order valence-corrected chi connectivity index (χ1v) is 12.3. The van der Waals surface area contributed by atoms with Crippen LogP contribution in [0.25, 0.3) is 0 Å². The monoisotopic (exact) mass is 427 g/mol. The van der Waals surface area contributed by atoms with E-state index in [-0.39, 0.29) is 46.9 Å². The fourth-order valence-electron chi connectivity index (χ4n) is 8.24. The Morgan fingerprint density at radius 1 is 1.03 bits per heavy atom. The number of carbonyl (C=O) groups excluding carboxylic acids is 1. The number of hydrogen-bond acceptors (Lipinski definition) is 3. The molecule has 4 rings (SSSR count). The van der Waals surface area contributed by atoms with Gasteiger partial charge in [-0.3, -0.25) is 4.79 Å². The summed E-state index contributed by atoms with van der Waals surface area (Å²) in [4.78, 5) is 11.8. The molecule has 5 heteroatoms. The lowest BCUT2D eigenvalue weighted by Crippen LogP contribution is -2.60. The van der Waals surface area contributed by atoms with E-state index in [1.54, 1.807) is 0 Å². The van der Waals surface area contributed by atoms with E-state index in [9.17, 15) is 4.79 Å². The fourth-order valence-corrected chi connectivity index (χ4v) is 8.24. The second-order valence-electron chi connectivity index (χ2n) is 10.8. The van der Waals surface area contributed by atoms with Crippen LogP contribution in [0.4, 0.5) is 8.78 Å². The summed E-state index contributed by atoms with van der Waals surface area (Å²) in [6, 6.07) is -0.643. The third-order valence-electron chi connectivity index (χ3n) is 9.81. The summed E-state index contributed by atoms with van der Waals surface area (Å²) in [5, 5.41) is 0. The van der Waals surface area contributed by atoms with Crippen molar-refractivity contribution >= 4 is 5.97 Å². The van der Waals surface area contributed by atoms with E-state index in [1.807, 2.05) is 13.8 Å². The van der Waals surface area contributed by atoms with Gasteiger partial charge in [0.05, 0.1) is 7.11 Å². The molecule has 0 heterocycles. The largest absolute Gasteiger partial charge is 0.468 e. The molecule has 0 aliphatic heterocycles. The van der Waals surface area contributed by atoms with Gasteiger partial charge < -0.3 is 10.5 Å². The van der Waals surface area contributed by atoms with Crippen LogP contribution in [0.5, 0.6) is 0 Å². The van der Waals surface area contributed by atoms with Crippen molar-refractivity contribution in [2.24, 2.45) is 46.2 Å². The Balaban J connectivity index is 0.00000124. The molecule has 0 saturated heterocycles. The summed E-state index contributed by atoms with van der Waals surface area (Å²) in [5.41, 5.74) is 6.02. The number of halogens is 2. The van der Waals surface area contributed by atoms with Gasteiger partial charge in [-0.15, -0.1) is 0 Å². The van der Waals surface area contributed by atoms with E-state index in [0.29, 0.717) is 6.42 Å². The topological polar surface area (TPSA) is 52.3 Å². The zero-order chi connectivity index (χ0) is 22.3. The Morgan fingerprint density at radius 2 is 1.70 bits per heavy atom. The van der Waals surface area contributed by atoms with Crippen LogP contribution in [-0.4, -0.2) is 25.0 Å². The molecule has 0 aromatic heterocycles. The minimum atomic E-state index is -2.56. The average Bonchev–Trinajstić information content (AvgIpc) is 3.05. The lowest BCUT2D eigenvalue weighted by molar-refractivity contribution is -0.232. The third-order valence-corrected chi connectivity index (χ3v) is 9.81. The van der Waals surface area contributed by atoms with Gasteiger partial charge in [0.1, 0.15) is 6.04 Å². The number of rotatable bonds is 3. The molecule has 0 bridgehead atoms. The minimum absolute atomic E-state index is 0.0517. The van der Waals surface area contributed by atoms with E-state index >= 15 is 8.78 Å². The van der Waals surface area contributed by atoms with Crippen molar-refractivity contribution in [3.63, 3.8) is 0 Å². The Bertz CT molecular complexity index is 626. The molecular formula is C25H43F2NO2. The van der Waals surface area contributed by atoms with Crippen LogP contribution in [0.2, 0.25) is 0 Å². The van der Waals surface area contributed by atoms with Gasteiger partial charge >= 0.3 is 5.97 Å². The van der Waals surface area contributed by atoms with Crippen LogP contribution in [-0.2, 0) is 9.53 Å². The Hall–Kier alpha value is -0.710. The highest BCUT2D eigenvalue weighted by Gasteiger charge is 2.67. The normalized spacial score (nSPS) is 45.1. The van der Waals surface area contributed by atoms with Gasteiger partial charge in [-0.05, 0) is 79.4 Å². The maximum atomic E-state index is 15.6. The Kier molecular flexibility index (Phi) is 6.92. The zero-order valence-electron chi connectivity index (χ0n) is 19.7. The molecule has 30 heavy (non-hydrogen) atoms. The molecule has 4 saturated carbocycles. The summed E-state index contributed by atoms with van der Waals surface area (Å²) in [7, 11) is 1.36. The van der Waals surface area contributed by atoms with Crippen molar-refractivity contribution in [2.75, 3.05) is 7.11 Å². The zero-order valence-corrected chi connectivity index (χ0v) is 19.7. The molecule has 0 aromatic carbocycles. The van der Waals surface area contributed by atoms with Crippen molar-refractivity contribution in [3.05, 3.63) is 0 Å². The molecule has 4 fully saturated rings. The van der Waals surface area contributed by atoms with Crippen LogP contribution < -0.4 is 5.73 Å². The molecule has 0 spiro atoms. The standard InChI is InChI=1S/C23H37F2NO2.C2H6/c1-21-10-5-4-6-15(21)13-23(24,25)19-16-8-7-14(12-18(26)20(27)28-3)22(16,2)11-9-17(19)21;1-2/h14-19H,4-13,26H2,1-3H3;1-2H3. The Morgan fingerprint density at radius 3 is 2.37 bits per heavy atom. The molecule has 8 atom stereocenters. The highest BCUT2D eigenvalue weighted by atomic mass is 19.3. The summed E-state index contributed by atoms with van der Waals surface area (Å²) in [6.07, 6.45) is 8.72. The molecular weight excluding hydrogens is 384 g/mol. The van der Waals surface area contributed by atoms with E-state index in [2.05, 4.69) is 13.8 Å². The molecule has 0 aromatic rings. The van der Waals surface area contributed by atoms with Crippen LogP contribution in [0.1, 0.15) is 91.9 Å². The molecule has 174 valence electrons. The van der Waals surface area contributed by atoms with Crippen molar-refractivity contribution < 1.29 is 18.3 Å². The van der Waals surface area contributed by atoms with Gasteiger partial charge in [0.25, 0.3) is 5.92 Å². The number of ether oxygens (including phenoxy) is 1. The van der Waals surface area contributed by atoms with Crippen LogP contribution in [0, 0.1) is 40.4 Å². The number of hydrogen-bond donors (Lipinski definition) is 1. The molecule has 4 aliphatic rings. The second-order valence-corrected chi connectivity index (χ2v) is 10.8. The average molecular weight is 428 g/mol. The third kappa shape index (κ3) is 3.71. The lowest BCUT2D eigenvalue weighted by Gasteiger charge is -2.62. The number of fused-ring (bicyclic) bond motifs is 5. The predicted molar refractivity (Wildman–Crippen MR) is 116 cm³/mol. The van der Waals surface area contributed by atoms with Gasteiger partial charge in [0.15, 0.2) is 0 Å². The molecule has 2 N–H and O–H groups in total. The lowest BCUT2D eigenvalue weighted by atomic mass is 9.44. The van der Waals surface area contributed by atoms with Crippen LogP contribution in [0.15, 0.2) is 0 Å². The fraction of sp³-hybridized carbons (Fsp3) is 0.960. The molecule has 8 unspecified atom stereocenters. The first-order chi connectivity index (χ1) is 14.1. The van der Waals surface area contributed by atoms with Crippen molar-refractivity contribution in [1.29, 1.82) is 0 Å². The van der Waals surface area contributed by atoms with Gasteiger partial charge in [0, 0.05) is 12.3 Å². The number of alkyl halides is 2. The maximum absolute atomic E-state index is 15.6. The number of carbonyl (C=O) groups is 1. The smallest absolute Gasteiger partial charge is 0.322 e. The van der Waals surface area contributed by atoms with Crippen LogP contribution >= 0.6 is 0 Å². The van der Waals surface area contributed by atoms with E-state index in [0.717, 1.165) is 44.9 Å². The maximum Gasteiger partial charge on any atom is 0.322 e. The van der Waals surface area contributed by atoms with Gasteiger partial charge in [-0.25, -0.2) is 8.78 Å². The van der Waals surface area contributed by atoms with Crippen molar-refractivity contribution in [1.82, 2.24) is 0 Å². The Labute approximate surface area is 181 Å². The summed E-state index contributed by atoms with van der Waals surface area (Å²) >= 11 is 0. The molecule has 3 nitrogen and oxygen atoms in total. The molecule has 4 aliphatic carbocycles. The second kappa shape index (κ2) is 8.67. The number of esters is 1. The highest BCUT2D eigenvalue weighted by molar-refractivity contribution is 5.75. The molecule has 0 amide bonds. The first-order valence-electron chi connectivity index (χ1n) is 12.3. The predicted octanol–water partition coefficient (Wildman–Crippen LogP) is 6.20. The first kappa shape index (κ1) is 23.9. The minimum Gasteiger partial charge on any atom is -0.468 e. The summed E-state index contributed by atoms with van der Waals surface area (Å²) < 4.78 is 35.9. The van der Waals surface area contributed by atoms with E-state index in [1.165, 1.54) is 13.5 Å². The number of nitrogens with two attached hydrogens (primary N) is 1. The van der Waals surface area contributed by atoms with Crippen molar-refractivity contribution in [3.8, 4) is 0 Å². The summed E-state index contributed by atoms with van der Waals surface area (Å²) in [6.45, 7) is 8.53. The van der Waals surface area contributed by atoms with Gasteiger partial charge in [-0.1, -0.05) is 40.5 Å². The van der Waals surface area contributed by atoms with Gasteiger partial charge in [0.2, 0.25) is 0 Å². The van der Waals surface area contributed by atoms with E-state index in [4.69, 9.17) is 10.5 Å². The summed E-state index contributed by atoms with van der Waals surface area (Å²) in [5.74, 6) is -2.82. The SMILES string of the molecule is CC.COC(=O)C(N)CC1CCC2C3C(CCC12C)C1(C)CCCCC1CC3(F)F. The molecule has 0 radical (unpaired) electrons. The quantitative estimate of drug-likeness (QED) is 0.546.